The highest BCUT2D eigenvalue weighted by Gasteiger charge is 2.28. The Balaban J connectivity index is 1.36. The molecule has 0 radical (unpaired) electrons. The summed E-state index contributed by atoms with van der Waals surface area (Å²) in [5, 5.41) is 0. The third-order valence-corrected chi connectivity index (χ3v) is 8.30. The normalized spacial score (nSPS) is 21.8. The lowest BCUT2D eigenvalue weighted by Gasteiger charge is -2.34. The number of hydrogen-bond donors (Lipinski definition) is 0. The number of anilines is 1. The highest BCUT2D eigenvalue weighted by atomic mass is 15.3. The van der Waals surface area contributed by atoms with Gasteiger partial charge < -0.3 is 9.80 Å². The van der Waals surface area contributed by atoms with Gasteiger partial charge in [0.25, 0.3) is 0 Å². The number of fused-ring (bicyclic) bond motifs is 2. The maximum atomic E-state index is 5.25. The van der Waals surface area contributed by atoms with Gasteiger partial charge in [-0.15, -0.1) is 0 Å². The zero-order valence-electron chi connectivity index (χ0n) is 21.4. The molecule has 7 heteroatoms. The fourth-order valence-electron chi connectivity index (χ4n) is 6.27. The van der Waals surface area contributed by atoms with Gasteiger partial charge in [0.2, 0.25) is 0 Å². The Bertz CT molecular complexity index is 1160. The van der Waals surface area contributed by atoms with E-state index in [0.29, 0.717) is 6.04 Å². The monoisotopic (exact) mass is 473 g/mol. The molecule has 3 aromatic heterocycles. The van der Waals surface area contributed by atoms with E-state index in [1.54, 1.807) is 0 Å². The van der Waals surface area contributed by atoms with E-state index in [2.05, 4.69) is 68.4 Å². The molecule has 0 spiro atoms. The van der Waals surface area contributed by atoms with Gasteiger partial charge in [0.05, 0.1) is 23.1 Å². The van der Waals surface area contributed by atoms with Crippen LogP contribution in [-0.2, 0) is 19.5 Å². The van der Waals surface area contributed by atoms with Crippen LogP contribution in [0, 0.1) is 0 Å². The molecule has 0 saturated carbocycles. The molecule has 5 heterocycles. The van der Waals surface area contributed by atoms with Crippen LogP contribution in [0.2, 0.25) is 0 Å². The Kier molecular flexibility index (Phi) is 6.48. The summed E-state index contributed by atoms with van der Waals surface area (Å²) in [6.45, 7) is 8.57. The number of hydrogen-bond acceptors (Lipinski definition) is 6. The fraction of sp³-hybridized carbons (Fsp3) is 0.571. The van der Waals surface area contributed by atoms with Gasteiger partial charge in [0.15, 0.2) is 0 Å². The Morgan fingerprint density at radius 1 is 0.971 bits per heavy atom. The van der Waals surface area contributed by atoms with Crippen molar-refractivity contribution in [2.75, 3.05) is 58.3 Å². The Morgan fingerprint density at radius 2 is 1.80 bits per heavy atom. The minimum Gasteiger partial charge on any atom is -0.355 e. The van der Waals surface area contributed by atoms with Crippen LogP contribution >= 0.6 is 0 Å². The predicted molar refractivity (Wildman–Crippen MR) is 141 cm³/mol. The van der Waals surface area contributed by atoms with Gasteiger partial charge >= 0.3 is 0 Å². The fourth-order valence-corrected chi connectivity index (χ4v) is 6.27. The molecule has 0 aromatic carbocycles. The Morgan fingerprint density at radius 3 is 2.63 bits per heavy atom. The minimum atomic E-state index is 0.363. The number of nitrogens with zero attached hydrogens (tertiary/aromatic N) is 7. The molecule has 1 unspecified atom stereocenters. The second-order valence-electron chi connectivity index (χ2n) is 10.7. The van der Waals surface area contributed by atoms with Crippen molar-refractivity contribution in [1.82, 2.24) is 29.1 Å². The number of likely N-dealkylation sites (N-methyl/N-ethyl adjacent to an activating group) is 1. The van der Waals surface area contributed by atoms with Gasteiger partial charge in [-0.1, -0.05) is 12.1 Å². The molecule has 35 heavy (non-hydrogen) atoms. The zero-order chi connectivity index (χ0) is 23.8. The molecule has 2 saturated heterocycles. The number of imidazole rings is 1. The number of aryl methyl sites for hydroxylation is 1. The number of rotatable bonds is 6. The van der Waals surface area contributed by atoms with Crippen LogP contribution in [0.25, 0.3) is 5.65 Å². The van der Waals surface area contributed by atoms with Crippen molar-refractivity contribution in [1.29, 1.82) is 0 Å². The van der Waals surface area contributed by atoms with Gasteiger partial charge in [0.1, 0.15) is 11.5 Å². The highest BCUT2D eigenvalue weighted by Crippen LogP contribution is 2.34. The number of likely N-dealkylation sites (tertiary alicyclic amines) is 1. The van der Waals surface area contributed by atoms with E-state index in [-0.39, 0.29) is 0 Å². The minimum absolute atomic E-state index is 0.363. The van der Waals surface area contributed by atoms with Crippen molar-refractivity contribution in [2.45, 2.75) is 51.2 Å². The lowest BCUT2D eigenvalue weighted by atomic mass is 9.91. The van der Waals surface area contributed by atoms with E-state index in [1.807, 2.05) is 6.20 Å². The molecular formula is C28H39N7. The maximum Gasteiger partial charge on any atom is 0.138 e. The SMILES string of the molecule is CN1CCN(c2cccc3nc(CN(C)C4CCCc5cccnc54)c(CN4CCCC4)n23)CC1. The van der Waals surface area contributed by atoms with Crippen molar-refractivity contribution in [3.05, 3.63) is 59.2 Å². The molecular weight excluding hydrogens is 434 g/mol. The molecule has 7 nitrogen and oxygen atoms in total. The molecule has 186 valence electrons. The van der Waals surface area contributed by atoms with Crippen LogP contribution in [0.5, 0.6) is 0 Å². The molecule has 0 amide bonds. The number of aromatic nitrogens is 3. The average molecular weight is 474 g/mol. The molecule has 1 aliphatic carbocycles. The summed E-state index contributed by atoms with van der Waals surface area (Å²) in [5.41, 5.74) is 6.37. The lowest BCUT2D eigenvalue weighted by molar-refractivity contribution is 0.205. The topological polar surface area (TPSA) is 43.2 Å². The van der Waals surface area contributed by atoms with Crippen molar-refractivity contribution >= 4 is 11.5 Å². The summed E-state index contributed by atoms with van der Waals surface area (Å²) in [7, 11) is 4.49. The molecule has 0 N–H and O–H groups in total. The second kappa shape index (κ2) is 9.88. The van der Waals surface area contributed by atoms with Crippen molar-refractivity contribution in [2.24, 2.45) is 0 Å². The van der Waals surface area contributed by atoms with Gasteiger partial charge in [-0.25, -0.2) is 4.98 Å². The van der Waals surface area contributed by atoms with E-state index < -0.39 is 0 Å². The molecule has 3 aromatic rings. The van der Waals surface area contributed by atoms with Crippen molar-refractivity contribution in [3.8, 4) is 0 Å². The summed E-state index contributed by atoms with van der Waals surface area (Å²) in [6.07, 6.45) is 8.12. The number of pyridine rings is 2. The average Bonchev–Trinajstić information content (AvgIpc) is 3.52. The molecule has 3 aliphatic rings. The van der Waals surface area contributed by atoms with E-state index in [4.69, 9.17) is 9.97 Å². The first-order valence-corrected chi connectivity index (χ1v) is 13.5. The van der Waals surface area contributed by atoms with E-state index >= 15 is 0 Å². The summed E-state index contributed by atoms with van der Waals surface area (Å²) in [4.78, 5) is 20.1. The Hall–Kier alpha value is -2.48. The van der Waals surface area contributed by atoms with Gasteiger partial charge in [0, 0.05) is 45.5 Å². The van der Waals surface area contributed by atoms with Gasteiger partial charge in [-0.3, -0.25) is 19.2 Å². The first-order chi connectivity index (χ1) is 17.2. The van der Waals surface area contributed by atoms with Crippen LogP contribution in [0.1, 0.15) is 54.4 Å². The van der Waals surface area contributed by atoms with Crippen molar-refractivity contribution < 1.29 is 0 Å². The van der Waals surface area contributed by atoms with E-state index in [0.717, 1.165) is 51.3 Å². The predicted octanol–water partition coefficient (Wildman–Crippen LogP) is 3.59. The third-order valence-electron chi connectivity index (χ3n) is 8.30. The number of piperazine rings is 1. The third kappa shape index (κ3) is 4.57. The molecule has 2 aliphatic heterocycles. The molecule has 0 bridgehead atoms. The quantitative estimate of drug-likeness (QED) is 0.545. The van der Waals surface area contributed by atoms with Crippen LogP contribution in [0.4, 0.5) is 5.82 Å². The van der Waals surface area contributed by atoms with Crippen LogP contribution < -0.4 is 4.90 Å². The lowest BCUT2D eigenvalue weighted by Crippen LogP contribution is -2.45. The summed E-state index contributed by atoms with van der Waals surface area (Å²) < 4.78 is 2.47. The maximum absolute atomic E-state index is 5.25. The van der Waals surface area contributed by atoms with Gasteiger partial charge in [-0.05, 0) is 83.1 Å². The van der Waals surface area contributed by atoms with Crippen LogP contribution in [0.3, 0.4) is 0 Å². The van der Waals surface area contributed by atoms with E-state index in [9.17, 15) is 0 Å². The first kappa shape index (κ1) is 23.0. The van der Waals surface area contributed by atoms with Crippen molar-refractivity contribution in [3.63, 3.8) is 0 Å². The molecule has 1 atom stereocenters. The summed E-state index contributed by atoms with van der Waals surface area (Å²) >= 11 is 0. The molecule has 6 rings (SSSR count). The second-order valence-corrected chi connectivity index (χ2v) is 10.7. The largest absolute Gasteiger partial charge is 0.355 e. The van der Waals surface area contributed by atoms with Gasteiger partial charge in [-0.2, -0.15) is 0 Å². The summed E-state index contributed by atoms with van der Waals surface area (Å²) in [6, 6.07) is 11.4. The standard InChI is InChI=1S/C28H39N7/c1-31-16-18-34(19-17-31)27-12-6-11-26-30-23(25(35(26)27)21-33-14-3-4-15-33)20-32(2)24-10-5-8-22-9-7-13-29-28(22)24/h6-7,9,11-13,24H,3-5,8,10,14-21H2,1-2H3. The highest BCUT2D eigenvalue weighted by molar-refractivity contribution is 5.55. The van der Waals surface area contributed by atoms with E-state index in [1.165, 1.54) is 67.2 Å². The summed E-state index contributed by atoms with van der Waals surface area (Å²) in [5.74, 6) is 1.30. The first-order valence-electron chi connectivity index (χ1n) is 13.5. The smallest absolute Gasteiger partial charge is 0.138 e. The van der Waals surface area contributed by atoms with Crippen LogP contribution in [0.15, 0.2) is 36.5 Å². The zero-order valence-corrected chi connectivity index (χ0v) is 21.4. The van der Waals surface area contributed by atoms with Crippen LogP contribution in [-0.4, -0.2) is 82.4 Å². The molecule has 2 fully saturated rings. The Labute approximate surface area is 209 Å².